The highest BCUT2D eigenvalue weighted by molar-refractivity contribution is 8.14. The molecule has 0 fully saturated rings. The minimum atomic E-state index is 0.0920. The molecule has 2 aliphatic rings. The Hall–Kier alpha value is -0.810. The Morgan fingerprint density at radius 3 is 2.71 bits per heavy atom. The molecule has 0 N–H and O–H groups in total. The van der Waals surface area contributed by atoms with Crippen molar-refractivity contribution < 1.29 is 9.53 Å². The molecule has 0 aromatic rings. The Labute approximate surface area is 133 Å². The van der Waals surface area contributed by atoms with E-state index in [4.69, 9.17) is 4.74 Å². The third kappa shape index (κ3) is 6.22. The fraction of sp³-hybridized carbons (Fsp3) is 0.750. The summed E-state index contributed by atoms with van der Waals surface area (Å²) >= 11 is 1.77. The molecule has 0 aliphatic carbocycles. The Kier molecular flexibility index (Phi) is 7.46. The standard InChI is InChI=1S/C9H12N2OS.C7H16O/c1-7-10-9-2-3-11(6-12)4-8(9)5-13-7;1-5-6-7(2,3)8-4/h6H,2-5H2,1H3;5-6H2,1-4H3. The molecule has 0 unspecified atom stereocenters. The maximum Gasteiger partial charge on any atom is 0.210 e. The second-order valence-electron chi connectivity index (χ2n) is 6.01. The van der Waals surface area contributed by atoms with E-state index in [0.29, 0.717) is 0 Å². The Morgan fingerprint density at radius 2 is 2.19 bits per heavy atom. The number of nitrogens with zero attached hydrogens (tertiary/aromatic N) is 2. The van der Waals surface area contributed by atoms with Crippen LogP contribution in [0.3, 0.4) is 0 Å². The van der Waals surface area contributed by atoms with E-state index in [1.807, 2.05) is 11.8 Å². The van der Waals surface area contributed by atoms with Crippen LogP contribution in [0.25, 0.3) is 0 Å². The summed E-state index contributed by atoms with van der Waals surface area (Å²) in [5, 5.41) is 1.15. The predicted octanol–water partition coefficient (Wildman–Crippen LogP) is 3.48. The molecule has 2 rings (SSSR count). The van der Waals surface area contributed by atoms with E-state index in [1.165, 1.54) is 17.7 Å². The van der Waals surface area contributed by atoms with Gasteiger partial charge >= 0.3 is 0 Å². The van der Waals surface area contributed by atoms with Gasteiger partial charge in [0.1, 0.15) is 0 Å². The zero-order valence-electron chi connectivity index (χ0n) is 13.9. The van der Waals surface area contributed by atoms with Crippen LogP contribution in [-0.4, -0.2) is 47.9 Å². The van der Waals surface area contributed by atoms with Gasteiger partial charge in [0.2, 0.25) is 6.41 Å². The summed E-state index contributed by atoms with van der Waals surface area (Å²) in [6.07, 6.45) is 4.19. The van der Waals surface area contributed by atoms with E-state index in [1.54, 1.807) is 18.9 Å². The predicted molar refractivity (Wildman–Crippen MR) is 90.8 cm³/mol. The number of rotatable bonds is 4. The maximum absolute atomic E-state index is 10.6. The zero-order valence-corrected chi connectivity index (χ0v) is 14.8. The minimum absolute atomic E-state index is 0.0920. The van der Waals surface area contributed by atoms with Crippen LogP contribution in [0.1, 0.15) is 47.0 Å². The first-order valence-corrected chi connectivity index (χ1v) is 8.54. The van der Waals surface area contributed by atoms with Crippen molar-refractivity contribution >= 4 is 23.2 Å². The van der Waals surface area contributed by atoms with Crippen molar-refractivity contribution in [2.75, 3.05) is 26.0 Å². The van der Waals surface area contributed by atoms with Gasteiger partial charge in [-0.05, 0) is 32.8 Å². The second-order valence-corrected chi connectivity index (χ2v) is 7.18. The Bertz CT molecular complexity index is 417. The highest BCUT2D eigenvalue weighted by atomic mass is 32.2. The molecule has 0 atom stereocenters. The van der Waals surface area contributed by atoms with Gasteiger partial charge < -0.3 is 9.64 Å². The number of carbonyl (C=O) groups is 1. The molecule has 21 heavy (non-hydrogen) atoms. The maximum atomic E-state index is 10.6. The van der Waals surface area contributed by atoms with Crippen molar-refractivity contribution in [3.8, 4) is 0 Å². The molecule has 0 bridgehead atoms. The normalized spacial score (nSPS) is 18.5. The van der Waals surface area contributed by atoms with Crippen LogP contribution in [0.4, 0.5) is 0 Å². The Balaban J connectivity index is 0.000000240. The summed E-state index contributed by atoms with van der Waals surface area (Å²) in [4.78, 5) is 16.9. The number of ether oxygens (including phenoxy) is 1. The first-order chi connectivity index (χ1) is 9.91. The first kappa shape index (κ1) is 18.2. The molecule has 0 radical (unpaired) electrons. The van der Waals surface area contributed by atoms with Gasteiger partial charge in [-0.3, -0.25) is 9.79 Å². The number of thioether (sulfide) groups is 1. The average Bonchev–Trinajstić information content (AvgIpc) is 2.47. The van der Waals surface area contributed by atoms with Gasteiger partial charge in [-0.1, -0.05) is 13.3 Å². The van der Waals surface area contributed by atoms with Crippen LogP contribution in [0.15, 0.2) is 16.3 Å². The smallest absolute Gasteiger partial charge is 0.210 e. The van der Waals surface area contributed by atoms with E-state index >= 15 is 0 Å². The molecule has 120 valence electrons. The molecule has 0 aromatic carbocycles. The Morgan fingerprint density at radius 1 is 1.48 bits per heavy atom. The molecule has 1 amide bonds. The summed E-state index contributed by atoms with van der Waals surface area (Å²) in [5.74, 6) is 1.01. The van der Waals surface area contributed by atoms with Crippen LogP contribution in [0, 0.1) is 0 Å². The van der Waals surface area contributed by atoms with Crippen LogP contribution in [0.2, 0.25) is 0 Å². The van der Waals surface area contributed by atoms with Crippen LogP contribution >= 0.6 is 11.8 Å². The number of hydrogen-bond acceptors (Lipinski definition) is 4. The fourth-order valence-corrected chi connectivity index (χ4v) is 3.13. The zero-order chi connectivity index (χ0) is 15.9. The van der Waals surface area contributed by atoms with Crippen molar-refractivity contribution in [1.82, 2.24) is 4.90 Å². The minimum Gasteiger partial charge on any atom is -0.379 e. The topological polar surface area (TPSA) is 41.9 Å². The lowest BCUT2D eigenvalue weighted by Gasteiger charge is -2.28. The van der Waals surface area contributed by atoms with E-state index < -0.39 is 0 Å². The quantitative estimate of drug-likeness (QED) is 0.746. The van der Waals surface area contributed by atoms with Gasteiger partial charge in [-0.15, -0.1) is 11.8 Å². The fourth-order valence-electron chi connectivity index (χ4n) is 2.31. The van der Waals surface area contributed by atoms with E-state index in [-0.39, 0.29) is 5.60 Å². The summed E-state index contributed by atoms with van der Waals surface area (Å²) in [5.41, 5.74) is 2.64. The van der Waals surface area contributed by atoms with Crippen molar-refractivity contribution in [3.05, 3.63) is 11.3 Å². The summed E-state index contributed by atoms with van der Waals surface area (Å²) in [6.45, 7) is 10.0. The number of carbonyl (C=O) groups excluding carboxylic acids is 1. The number of aliphatic imine (C=N–C) groups is 1. The van der Waals surface area contributed by atoms with Crippen LogP contribution < -0.4 is 0 Å². The average molecular weight is 312 g/mol. The molecular weight excluding hydrogens is 284 g/mol. The summed E-state index contributed by atoms with van der Waals surface area (Å²) in [6, 6.07) is 0. The number of hydrogen-bond donors (Lipinski definition) is 0. The van der Waals surface area contributed by atoms with Gasteiger partial charge in [0.05, 0.1) is 10.6 Å². The van der Waals surface area contributed by atoms with Gasteiger partial charge in [0, 0.05) is 38.1 Å². The monoisotopic (exact) mass is 312 g/mol. The SMILES string of the molecule is CC1=NC2=C(CS1)CN(C=O)CC2.CCCC(C)(C)OC. The van der Waals surface area contributed by atoms with E-state index in [2.05, 4.69) is 25.8 Å². The molecular formula is C16H28N2O2S. The van der Waals surface area contributed by atoms with Crippen LogP contribution in [0.5, 0.6) is 0 Å². The molecule has 2 aliphatic heterocycles. The van der Waals surface area contributed by atoms with Gasteiger partial charge in [-0.25, -0.2) is 0 Å². The summed E-state index contributed by atoms with van der Waals surface area (Å²) in [7, 11) is 1.76. The summed E-state index contributed by atoms with van der Waals surface area (Å²) < 4.78 is 5.18. The second kappa shape index (κ2) is 8.59. The lowest BCUT2D eigenvalue weighted by atomic mass is 10.0. The largest absolute Gasteiger partial charge is 0.379 e. The molecule has 0 spiro atoms. The molecule has 5 heteroatoms. The van der Waals surface area contributed by atoms with E-state index in [9.17, 15) is 4.79 Å². The van der Waals surface area contributed by atoms with Crippen molar-refractivity contribution in [3.63, 3.8) is 0 Å². The molecule has 0 saturated carbocycles. The molecule has 0 aromatic heterocycles. The van der Waals surface area contributed by atoms with Gasteiger partial charge in [-0.2, -0.15) is 0 Å². The highest BCUT2D eigenvalue weighted by Gasteiger charge is 2.20. The van der Waals surface area contributed by atoms with Crippen molar-refractivity contribution in [1.29, 1.82) is 0 Å². The van der Waals surface area contributed by atoms with E-state index in [0.717, 1.165) is 43.1 Å². The van der Waals surface area contributed by atoms with Crippen LogP contribution in [-0.2, 0) is 9.53 Å². The third-order valence-electron chi connectivity index (χ3n) is 3.74. The number of methoxy groups -OCH3 is 1. The third-order valence-corrected chi connectivity index (χ3v) is 4.74. The van der Waals surface area contributed by atoms with Crippen molar-refractivity contribution in [2.24, 2.45) is 4.99 Å². The van der Waals surface area contributed by atoms with Crippen molar-refractivity contribution in [2.45, 2.75) is 52.6 Å². The molecule has 2 heterocycles. The lowest BCUT2D eigenvalue weighted by Crippen LogP contribution is -2.32. The molecule has 4 nitrogen and oxygen atoms in total. The molecule has 0 saturated heterocycles. The first-order valence-electron chi connectivity index (χ1n) is 7.55. The number of amides is 1. The highest BCUT2D eigenvalue weighted by Crippen LogP contribution is 2.27. The van der Waals surface area contributed by atoms with Gasteiger partial charge in [0.25, 0.3) is 0 Å². The lowest BCUT2D eigenvalue weighted by molar-refractivity contribution is -0.117. The van der Waals surface area contributed by atoms with Gasteiger partial charge in [0.15, 0.2) is 0 Å².